The number of fused-ring (bicyclic) bond motifs is 2. The molecule has 0 fully saturated rings. The van der Waals surface area contributed by atoms with Crippen molar-refractivity contribution in [3.63, 3.8) is 0 Å². The monoisotopic (exact) mass is 392 g/mol. The van der Waals surface area contributed by atoms with Crippen LogP contribution in [0.5, 0.6) is 5.75 Å². The number of hydrogen-bond acceptors (Lipinski definition) is 3. The van der Waals surface area contributed by atoms with Gasteiger partial charge in [0.25, 0.3) is 5.56 Å². The van der Waals surface area contributed by atoms with Crippen molar-refractivity contribution in [3.8, 4) is 17.0 Å². The molecule has 0 amide bonds. The lowest BCUT2D eigenvalue weighted by molar-refractivity contribution is -0.880. The summed E-state index contributed by atoms with van der Waals surface area (Å²) in [5.74, 6) is 0.829. The fourth-order valence-electron chi connectivity index (χ4n) is 3.44. The van der Waals surface area contributed by atoms with Gasteiger partial charge in [-0.1, -0.05) is 18.2 Å². The van der Waals surface area contributed by atoms with Crippen molar-refractivity contribution < 1.29 is 14.4 Å². The Labute approximate surface area is 169 Å². The number of H-pyrrole nitrogens is 2. The van der Waals surface area contributed by atoms with Crippen LogP contribution >= 0.6 is 0 Å². The highest BCUT2D eigenvalue weighted by molar-refractivity contribution is 5.89. The average molecular weight is 392 g/mol. The minimum Gasteiger partial charge on any atom is -0.488 e. The standard InChI is InChI=1S/C23H25N3O3/c1-26(9-11-28-2)10-12-29-18-7-8-21-17(13-18)15-22(24-21)19-14-16-5-3-4-6-20(16)25-23(19)27/h3-8,13-15,24H,9-12H2,1-2H3,(H,25,27)/p+1. The molecular formula is C23H26N3O3+. The van der Waals surface area contributed by atoms with E-state index in [1.165, 1.54) is 4.90 Å². The van der Waals surface area contributed by atoms with Crippen LogP contribution in [0.1, 0.15) is 0 Å². The highest BCUT2D eigenvalue weighted by Gasteiger charge is 2.10. The van der Waals surface area contributed by atoms with Crippen LogP contribution < -0.4 is 15.2 Å². The highest BCUT2D eigenvalue weighted by Crippen LogP contribution is 2.26. The maximum absolute atomic E-state index is 12.5. The van der Waals surface area contributed by atoms with Crippen LogP contribution in [0.4, 0.5) is 0 Å². The van der Waals surface area contributed by atoms with E-state index in [1.807, 2.05) is 54.6 Å². The number of nitrogens with one attached hydrogen (secondary N) is 3. The Balaban J connectivity index is 1.53. The topological polar surface area (TPSA) is 71.5 Å². The van der Waals surface area contributed by atoms with Gasteiger partial charge in [0, 0.05) is 23.5 Å². The van der Waals surface area contributed by atoms with E-state index in [0.29, 0.717) is 12.2 Å². The predicted molar refractivity (Wildman–Crippen MR) is 116 cm³/mol. The van der Waals surface area contributed by atoms with Crippen LogP contribution in [0, 0.1) is 0 Å². The summed E-state index contributed by atoms with van der Waals surface area (Å²) < 4.78 is 11.0. The largest absolute Gasteiger partial charge is 0.488 e. The van der Waals surface area contributed by atoms with Crippen molar-refractivity contribution in [2.75, 3.05) is 40.5 Å². The van der Waals surface area contributed by atoms with Crippen LogP contribution in [-0.4, -0.2) is 50.4 Å². The number of likely N-dealkylation sites (N-methyl/N-ethyl adjacent to an activating group) is 1. The molecule has 0 saturated carbocycles. The zero-order valence-electron chi connectivity index (χ0n) is 16.7. The maximum atomic E-state index is 12.5. The summed E-state index contributed by atoms with van der Waals surface area (Å²) in [7, 11) is 3.85. The van der Waals surface area contributed by atoms with Gasteiger partial charge in [0.05, 0.1) is 24.9 Å². The van der Waals surface area contributed by atoms with Crippen molar-refractivity contribution >= 4 is 21.8 Å². The van der Waals surface area contributed by atoms with Gasteiger partial charge in [0.15, 0.2) is 0 Å². The van der Waals surface area contributed by atoms with Crippen molar-refractivity contribution in [2.45, 2.75) is 0 Å². The lowest BCUT2D eigenvalue weighted by Gasteiger charge is -2.13. The van der Waals surface area contributed by atoms with Gasteiger partial charge in [-0.3, -0.25) is 4.79 Å². The summed E-state index contributed by atoms with van der Waals surface area (Å²) in [6.45, 7) is 3.26. The highest BCUT2D eigenvalue weighted by atomic mass is 16.5. The molecule has 29 heavy (non-hydrogen) atoms. The number of para-hydroxylation sites is 1. The van der Waals surface area contributed by atoms with Crippen molar-refractivity contribution in [2.24, 2.45) is 0 Å². The van der Waals surface area contributed by atoms with E-state index in [4.69, 9.17) is 9.47 Å². The first kappa shape index (κ1) is 19.2. The number of aromatic nitrogens is 2. The first-order valence-corrected chi connectivity index (χ1v) is 9.82. The van der Waals surface area contributed by atoms with Crippen molar-refractivity contribution in [3.05, 3.63) is 65.0 Å². The van der Waals surface area contributed by atoms with E-state index in [-0.39, 0.29) is 5.56 Å². The fraction of sp³-hybridized carbons (Fsp3) is 0.261. The van der Waals surface area contributed by atoms with Gasteiger partial charge in [0.1, 0.15) is 25.4 Å². The summed E-state index contributed by atoms with van der Waals surface area (Å²) in [6.07, 6.45) is 0. The SMILES string of the molecule is COCC[NH+](C)CCOc1ccc2[nH]c(-c3cc4ccccc4[nH]c3=O)cc2c1. The number of hydrogen-bond donors (Lipinski definition) is 3. The first-order chi connectivity index (χ1) is 14.1. The van der Waals surface area contributed by atoms with E-state index in [2.05, 4.69) is 17.0 Å². The molecule has 2 aromatic carbocycles. The Morgan fingerprint density at radius 1 is 0.897 bits per heavy atom. The molecule has 0 aliphatic rings. The number of rotatable bonds is 8. The fourth-order valence-corrected chi connectivity index (χ4v) is 3.44. The molecule has 2 heterocycles. The van der Waals surface area contributed by atoms with E-state index < -0.39 is 0 Å². The van der Waals surface area contributed by atoms with Crippen LogP contribution in [-0.2, 0) is 4.74 Å². The Morgan fingerprint density at radius 2 is 1.69 bits per heavy atom. The maximum Gasteiger partial charge on any atom is 0.257 e. The van der Waals surface area contributed by atoms with Gasteiger partial charge < -0.3 is 24.3 Å². The summed E-state index contributed by atoms with van der Waals surface area (Å²) in [5, 5.41) is 2.02. The molecule has 1 unspecified atom stereocenters. The molecule has 4 rings (SSSR count). The Bertz CT molecular complexity index is 1180. The molecule has 3 N–H and O–H groups in total. The second kappa shape index (κ2) is 8.51. The third-order valence-corrected chi connectivity index (χ3v) is 5.17. The predicted octanol–water partition coefficient (Wildman–Crippen LogP) is 2.22. The number of benzene rings is 2. The van der Waals surface area contributed by atoms with E-state index in [1.54, 1.807) is 7.11 Å². The minimum absolute atomic E-state index is 0.103. The second-order valence-electron chi connectivity index (χ2n) is 7.33. The molecule has 2 aromatic heterocycles. The van der Waals surface area contributed by atoms with Crippen LogP contribution in [0.2, 0.25) is 0 Å². The molecule has 6 heteroatoms. The van der Waals surface area contributed by atoms with Gasteiger partial charge in [-0.15, -0.1) is 0 Å². The number of quaternary nitrogens is 1. The quantitative estimate of drug-likeness (QED) is 0.431. The van der Waals surface area contributed by atoms with Crippen LogP contribution in [0.3, 0.4) is 0 Å². The van der Waals surface area contributed by atoms with Crippen LogP contribution in [0.25, 0.3) is 33.1 Å². The zero-order chi connectivity index (χ0) is 20.2. The van der Waals surface area contributed by atoms with E-state index in [9.17, 15) is 4.79 Å². The Morgan fingerprint density at radius 3 is 2.55 bits per heavy atom. The van der Waals surface area contributed by atoms with Crippen molar-refractivity contribution in [1.29, 1.82) is 0 Å². The molecule has 0 aliphatic carbocycles. The number of aromatic amines is 2. The minimum atomic E-state index is -0.103. The smallest absolute Gasteiger partial charge is 0.257 e. The lowest BCUT2D eigenvalue weighted by atomic mass is 10.1. The van der Waals surface area contributed by atoms with Gasteiger partial charge in [-0.05, 0) is 41.8 Å². The Kier molecular flexibility index (Phi) is 5.64. The number of pyridine rings is 1. The van der Waals surface area contributed by atoms with Gasteiger partial charge >= 0.3 is 0 Å². The molecule has 0 saturated heterocycles. The first-order valence-electron chi connectivity index (χ1n) is 9.82. The molecular weight excluding hydrogens is 366 g/mol. The van der Waals surface area contributed by atoms with Gasteiger partial charge in [0.2, 0.25) is 0 Å². The van der Waals surface area contributed by atoms with Gasteiger partial charge in [-0.25, -0.2) is 0 Å². The molecule has 6 nitrogen and oxygen atoms in total. The summed E-state index contributed by atoms with van der Waals surface area (Å²) in [4.78, 5) is 20.2. The van der Waals surface area contributed by atoms with E-state index >= 15 is 0 Å². The zero-order valence-corrected chi connectivity index (χ0v) is 16.7. The normalized spacial score (nSPS) is 12.5. The van der Waals surface area contributed by atoms with E-state index in [0.717, 1.165) is 52.9 Å². The molecule has 150 valence electrons. The number of ether oxygens (including phenoxy) is 2. The van der Waals surface area contributed by atoms with Crippen LogP contribution in [0.15, 0.2) is 59.4 Å². The summed E-state index contributed by atoms with van der Waals surface area (Å²) in [6, 6.07) is 17.7. The lowest BCUT2D eigenvalue weighted by Crippen LogP contribution is -3.10. The molecule has 0 bridgehead atoms. The molecule has 1 atom stereocenters. The molecule has 0 spiro atoms. The molecule has 4 aromatic rings. The molecule has 0 aliphatic heterocycles. The second-order valence-corrected chi connectivity index (χ2v) is 7.33. The third-order valence-electron chi connectivity index (χ3n) is 5.17. The molecule has 0 radical (unpaired) electrons. The Hall–Kier alpha value is -3.09. The summed E-state index contributed by atoms with van der Waals surface area (Å²) >= 11 is 0. The summed E-state index contributed by atoms with van der Waals surface area (Å²) in [5.41, 5.74) is 3.14. The number of methoxy groups -OCH3 is 1. The third kappa shape index (κ3) is 4.34. The van der Waals surface area contributed by atoms with Crippen molar-refractivity contribution in [1.82, 2.24) is 9.97 Å². The average Bonchev–Trinajstić information content (AvgIpc) is 3.15. The van der Waals surface area contributed by atoms with Gasteiger partial charge in [-0.2, -0.15) is 0 Å².